The van der Waals surface area contributed by atoms with E-state index in [-0.39, 0.29) is 18.5 Å². The molecule has 1 aliphatic rings. The molecule has 4 N–H and O–H groups in total. The predicted octanol–water partition coefficient (Wildman–Crippen LogP) is 0.311. The van der Waals surface area contributed by atoms with E-state index in [1.807, 2.05) is 13.8 Å². The third-order valence-corrected chi connectivity index (χ3v) is 3.27. The molecule has 0 heterocycles. The van der Waals surface area contributed by atoms with Crippen molar-refractivity contribution in [2.24, 2.45) is 11.8 Å². The number of urea groups is 1. The molecule has 7 heteroatoms. The van der Waals surface area contributed by atoms with Gasteiger partial charge in [0.2, 0.25) is 5.91 Å². The Morgan fingerprint density at radius 1 is 1.20 bits per heavy atom. The third kappa shape index (κ3) is 5.46. The van der Waals surface area contributed by atoms with E-state index in [2.05, 4.69) is 16.0 Å². The first-order chi connectivity index (χ1) is 9.40. The maximum absolute atomic E-state index is 11.6. The maximum Gasteiger partial charge on any atom is 0.315 e. The Kier molecular flexibility index (Phi) is 6.27. The SMILES string of the molecule is CC(C)CNC(=O)CNC(=O)NC1CCCC1C(=O)O. The van der Waals surface area contributed by atoms with Crippen LogP contribution in [0.1, 0.15) is 33.1 Å². The quantitative estimate of drug-likeness (QED) is 0.563. The van der Waals surface area contributed by atoms with Crippen LogP contribution in [0.4, 0.5) is 4.79 Å². The highest BCUT2D eigenvalue weighted by molar-refractivity contribution is 5.84. The van der Waals surface area contributed by atoms with Gasteiger partial charge < -0.3 is 21.1 Å². The van der Waals surface area contributed by atoms with Gasteiger partial charge in [0.1, 0.15) is 0 Å². The first-order valence-electron chi connectivity index (χ1n) is 6.94. The van der Waals surface area contributed by atoms with Gasteiger partial charge in [-0.05, 0) is 18.8 Å². The van der Waals surface area contributed by atoms with Crippen molar-refractivity contribution in [2.45, 2.75) is 39.2 Å². The summed E-state index contributed by atoms with van der Waals surface area (Å²) in [5.74, 6) is -1.32. The number of carbonyl (C=O) groups is 3. The fourth-order valence-electron chi connectivity index (χ4n) is 2.19. The summed E-state index contributed by atoms with van der Waals surface area (Å²) in [5, 5.41) is 16.7. The number of nitrogens with one attached hydrogen (secondary N) is 3. The molecule has 2 atom stereocenters. The second-order valence-corrected chi connectivity index (χ2v) is 5.51. The molecule has 1 rings (SSSR count). The van der Waals surface area contributed by atoms with Crippen LogP contribution in [0.5, 0.6) is 0 Å². The largest absolute Gasteiger partial charge is 0.481 e. The van der Waals surface area contributed by atoms with E-state index < -0.39 is 17.9 Å². The van der Waals surface area contributed by atoms with Crippen molar-refractivity contribution in [3.05, 3.63) is 0 Å². The van der Waals surface area contributed by atoms with E-state index >= 15 is 0 Å². The summed E-state index contributed by atoms with van der Waals surface area (Å²) in [7, 11) is 0. The van der Waals surface area contributed by atoms with Crippen molar-refractivity contribution in [1.29, 1.82) is 0 Å². The zero-order valence-electron chi connectivity index (χ0n) is 11.9. The summed E-state index contributed by atoms with van der Waals surface area (Å²) >= 11 is 0. The lowest BCUT2D eigenvalue weighted by Gasteiger charge is -2.18. The molecule has 0 radical (unpaired) electrons. The Hall–Kier alpha value is -1.79. The van der Waals surface area contributed by atoms with Crippen LogP contribution in [-0.4, -0.2) is 42.1 Å². The van der Waals surface area contributed by atoms with Gasteiger partial charge in [0, 0.05) is 12.6 Å². The van der Waals surface area contributed by atoms with Crippen LogP contribution in [-0.2, 0) is 9.59 Å². The molecular weight excluding hydrogens is 262 g/mol. The summed E-state index contributed by atoms with van der Waals surface area (Å²) in [5.41, 5.74) is 0. The number of carboxylic acid groups (broad SMARTS) is 1. The molecule has 0 aliphatic heterocycles. The Bertz CT molecular complexity index is 371. The second kappa shape index (κ2) is 7.72. The van der Waals surface area contributed by atoms with Crippen LogP contribution in [0, 0.1) is 11.8 Å². The summed E-state index contributed by atoms with van der Waals surface area (Å²) in [6.07, 6.45) is 2.02. The fraction of sp³-hybridized carbons (Fsp3) is 0.769. The van der Waals surface area contributed by atoms with Gasteiger partial charge in [-0.3, -0.25) is 9.59 Å². The van der Waals surface area contributed by atoms with Crippen molar-refractivity contribution >= 4 is 17.9 Å². The molecule has 0 saturated heterocycles. The smallest absolute Gasteiger partial charge is 0.315 e. The number of aliphatic carboxylic acids is 1. The first-order valence-corrected chi connectivity index (χ1v) is 6.94. The van der Waals surface area contributed by atoms with Gasteiger partial charge in [0.05, 0.1) is 12.5 Å². The Morgan fingerprint density at radius 3 is 2.50 bits per heavy atom. The molecule has 20 heavy (non-hydrogen) atoms. The fourth-order valence-corrected chi connectivity index (χ4v) is 2.19. The zero-order valence-corrected chi connectivity index (χ0v) is 11.9. The Balaban J connectivity index is 2.26. The molecule has 1 aliphatic carbocycles. The van der Waals surface area contributed by atoms with E-state index in [4.69, 9.17) is 5.11 Å². The standard InChI is InChI=1S/C13H23N3O4/c1-8(2)6-14-11(17)7-15-13(20)16-10-5-3-4-9(10)12(18)19/h8-10H,3-7H2,1-2H3,(H,14,17)(H,18,19)(H2,15,16,20). The highest BCUT2D eigenvalue weighted by Crippen LogP contribution is 2.25. The van der Waals surface area contributed by atoms with Crippen LogP contribution in [0.15, 0.2) is 0 Å². The Morgan fingerprint density at radius 2 is 1.90 bits per heavy atom. The predicted molar refractivity (Wildman–Crippen MR) is 73.1 cm³/mol. The molecule has 1 fully saturated rings. The first kappa shape index (κ1) is 16.3. The van der Waals surface area contributed by atoms with Crippen molar-refractivity contribution < 1.29 is 19.5 Å². The van der Waals surface area contributed by atoms with Crippen LogP contribution in [0.25, 0.3) is 0 Å². The van der Waals surface area contributed by atoms with Crippen LogP contribution in [0.2, 0.25) is 0 Å². The van der Waals surface area contributed by atoms with Gasteiger partial charge in [0.25, 0.3) is 0 Å². The highest BCUT2D eigenvalue weighted by atomic mass is 16.4. The normalized spacial score (nSPS) is 21.6. The molecule has 1 saturated carbocycles. The maximum atomic E-state index is 11.6. The van der Waals surface area contributed by atoms with Gasteiger partial charge in [-0.1, -0.05) is 20.3 Å². The van der Waals surface area contributed by atoms with Gasteiger partial charge in [-0.15, -0.1) is 0 Å². The molecule has 0 spiro atoms. The average Bonchev–Trinajstić information content (AvgIpc) is 2.82. The minimum absolute atomic E-state index is 0.108. The van der Waals surface area contributed by atoms with Gasteiger partial charge in [0.15, 0.2) is 0 Å². The number of carboxylic acids is 1. The third-order valence-electron chi connectivity index (χ3n) is 3.27. The van der Waals surface area contributed by atoms with Crippen LogP contribution < -0.4 is 16.0 Å². The molecular formula is C13H23N3O4. The summed E-state index contributed by atoms with van der Waals surface area (Å²) in [6.45, 7) is 4.41. The summed E-state index contributed by atoms with van der Waals surface area (Å²) in [4.78, 5) is 34.0. The Labute approximate surface area is 118 Å². The van der Waals surface area contributed by atoms with E-state index in [0.29, 0.717) is 25.3 Å². The van der Waals surface area contributed by atoms with Crippen molar-refractivity contribution in [3.8, 4) is 0 Å². The topological polar surface area (TPSA) is 108 Å². The van der Waals surface area contributed by atoms with Crippen LogP contribution in [0.3, 0.4) is 0 Å². The highest BCUT2D eigenvalue weighted by Gasteiger charge is 2.33. The molecule has 0 bridgehead atoms. The van der Waals surface area contributed by atoms with E-state index in [1.54, 1.807) is 0 Å². The zero-order chi connectivity index (χ0) is 15.1. The summed E-state index contributed by atoms with van der Waals surface area (Å²) in [6, 6.07) is -0.853. The van der Waals surface area contributed by atoms with Crippen molar-refractivity contribution in [3.63, 3.8) is 0 Å². The summed E-state index contributed by atoms with van der Waals surface area (Å²) < 4.78 is 0. The molecule has 0 aromatic carbocycles. The minimum atomic E-state index is -0.887. The lowest BCUT2D eigenvalue weighted by molar-refractivity contribution is -0.142. The molecule has 7 nitrogen and oxygen atoms in total. The van der Waals surface area contributed by atoms with Crippen LogP contribution >= 0.6 is 0 Å². The van der Waals surface area contributed by atoms with Gasteiger partial charge >= 0.3 is 12.0 Å². The molecule has 2 unspecified atom stereocenters. The average molecular weight is 285 g/mol. The van der Waals surface area contributed by atoms with E-state index in [9.17, 15) is 14.4 Å². The number of rotatable bonds is 6. The molecule has 0 aromatic rings. The number of carbonyl (C=O) groups excluding carboxylic acids is 2. The van der Waals surface area contributed by atoms with Crippen molar-refractivity contribution in [1.82, 2.24) is 16.0 Å². The van der Waals surface area contributed by atoms with Gasteiger partial charge in [-0.25, -0.2) is 4.79 Å². The minimum Gasteiger partial charge on any atom is -0.481 e. The van der Waals surface area contributed by atoms with E-state index in [0.717, 1.165) is 6.42 Å². The lowest BCUT2D eigenvalue weighted by Crippen LogP contribution is -2.48. The molecule has 114 valence electrons. The molecule has 3 amide bonds. The number of amides is 3. The second-order valence-electron chi connectivity index (χ2n) is 5.51. The van der Waals surface area contributed by atoms with E-state index in [1.165, 1.54) is 0 Å². The van der Waals surface area contributed by atoms with Crippen molar-refractivity contribution in [2.75, 3.05) is 13.1 Å². The van der Waals surface area contributed by atoms with Gasteiger partial charge in [-0.2, -0.15) is 0 Å². The number of hydrogen-bond acceptors (Lipinski definition) is 3. The lowest BCUT2D eigenvalue weighted by atomic mass is 10.0. The number of hydrogen-bond donors (Lipinski definition) is 4. The monoisotopic (exact) mass is 285 g/mol. The molecule has 0 aromatic heterocycles.